The fourth-order valence-electron chi connectivity index (χ4n) is 1.93. The molecule has 3 nitrogen and oxygen atoms in total. The van der Waals surface area contributed by atoms with Crippen LogP contribution in [0.5, 0.6) is 0 Å². The van der Waals surface area contributed by atoms with Gasteiger partial charge in [-0.25, -0.2) is 0 Å². The van der Waals surface area contributed by atoms with Gasteiger partial charge in [0, 0.05) is 20.1 Å². The number of nitrogens with two attached hydrogens (primary N) is 1. The fraction of sp³-hybridized carbons (Fsp3) is 0.500. The summed E-state index contributed by atoms with van der Waals surface area (Å²) in [5.74, 6) is 0. The monoisotopic (exact) mass is 231 g/mol. The van der Waals surface area contributed by atoms with Crippen molar-refractivity contribution in [2.24, 2.45) is 11.1 Å². The lowest BCUT2D eigenvalue weighted by Gasteiger charge is -2.29. The molecule has 0 radical (unpaired) electrons. The SMILES string of the molecule is CN(CC(C)(C)C)c1ccc(CN)cc1C#N. The summed E-state index contributed by atoms with van der Waals surface area (Å²) in [7, 11) is 2.02. The van der Waals surface area contributed by atoms with E-state index in [-0.39, 0.29) is 5.41 Å². The van der Waals surface area contributed by atoms with Crippen molar-refractivity contribution in [2.75, 3.05) is 18.5 Å². The van der Waals surface area contributed by atoms with Crippen LogP contribution in [0.2, 0.25) is 0 Å². The molecule has 1 aromatic rings. The predicted molar refractivity (Wildman–Crippen MR) is 71.8 cm³/mol. The Morgan fingerprint density at radius 1 is 1.35 bits per heavy atom. The van der Waals surface area contributed by atoms with Gasteiger partial charge in [-0.2, -0.15) is 5.26 Å². The normalized spacial score (nSPS) is 11.1. The summed E-state index contributed by atoms with van der Waals surface area (Å²) in [6.45, 7) is 7.93. The van der Waals surface area contributed by atoms with Crippen molar-refractivity contribution < 1.29 is 0 Å². The first-order valence-electron chi connectivity index (χ1n) is 5.81. The van der Waals surface area contributed by atoms with Crippen LogP contribution in [0.15, 0.2) is 18.2 Å². The summed E-state index contributed by atoms with van der Waals surface area (Å²) < 4.78 is 0. The van der Waals surface area contributed by atoms with Crippen LogP contribution in [0.4, 0.5) is 5.69 Å². The molecule has 0 aliphatic rings. The average Bonchev–Trinajstić information content (AvgIpc) is 2.25. The summed E-state index contributed by atoms with van der Waals surface area (Å²) in [6, 6.07) is 8.07. The first kappa shape index (κ1) is 13.5. The molecule has 17 heavy (non-hydrogen) atoms. The molecule has 0 aliphatic heterocycles. The standard InChI is InChI=1S/C14H21N3/c1-14(2,3)10-17(4)13-6-5-11(8-15)7-12(13)9-16/h5-7H,8,10,15H2,1-4H3. The number of hydrogen-bond acceptors (Lipinski definition) is 3. The summed E-state index contributed by atoms with van der Waals surface area (Å²) in [5.41, 5.74) is 8.44. The Hall–Kier alpha value is -1.53. The van der Waals surface area contributed by atoms with E-state index in [9.17, 15) is 0 Å². The summed E-state index contributed by atoms with van der Waals surface area (Å²) in [5, 5.41) is 9.17. The molecule has 0 spiro atoms. The Kier molecular flexibility index (Phi) is 4.14. The number of rotatable bonds is 3. The fourth-order valence-corrected chi connectivity index (χ4v) is 1.93. The van der Waals surface area contributed by atoms with Crippen molar-refractivity contribution in [1.82, 2.24) is 0 Å². The van der Waals surface area contributed by atoms with E-state index >= 15 is 0 Å². The molecule has 0 bridgehead atoms. The number of nitrogens with zero attached hydrogens (tertiary/aromatic N) is 2. The van der Waals surface area contributed by atoms with Crippen molar-refractivity contribution in [3.63, 3.8) is 0 Å². The molecular weight excluding hydrogens is 210 g/mol. The zero-order chi connectivity index (χ0) is 13.1. The first-order chi connectivity index (χ1) is 7.87. The molecule has 2 N–H and O–H groups in total. The van der Waals surface area contributed by atoms with Gasteiger partial charge in [-0.1, -0.05) is 26.8 Å². The third-order valence-corrected chi connectivity index (χ3v) is 2.54. The van der Waals surface area contributed by atoms with Crippen LogP contribution in [-0.2, 0) is 6.54 Å². The molecule has 0 aromatic heterocycles. The second-order valence-corrected chi connectivity index (χ2v) is 5.58. The Morgan fingerprint density at radius 2 is 2.00 bits per heavy atom. The number of nitriles is 1. The summed E-state index contributed by atoms with van der Waals surface area (Å²) in [6.07, 6.45) is 0. The van der Waals surface area contributed by atoms with Crippen molar-refractivity contribution in [3.05, 3.63) is 29.3 Å². The zero-order valence-electron chi connectivity index (χ0n) is 11.1. The quantitative estimate of drug-likeness (QED) is 0.869. The van der Waals surface area contributed by atoms with Gasteiger partial charge in [0.25, 0.3) is 0 Å². The van der Waals surface area contributed by atoms with E-state index in [4.69, 9.17) is 11.0 Å². The van der Waals surface area contributed by atoms with Gasteiger partial charge in [0.15, 0.2) is 0 Å². The number of anilines is 1. The maximum atomic E-state index is 9.17. The second kappa shape index (κ2) is 5.20. The lowest BCUT2D eigenvalue weighted by Crippen LogP contribution is -2.29. The summed E-state index contributed by atoms with van der Waals surface area (Å²) >= 11 is 0. The van der Waals surface area contributed by atoms with Gasteiger partial charge < -0.3 is 10.6 Å². The zero-order valence-corrected chi connectivity index (χ0v) is 11.1. The van der Waals surface area contributed by atoms with Gasteiger partial charge in [0.05, 0.1) is 11.3 Å². The molecule has 3 heteroatoms. The molecule has 0 unspecified atom stereocenters. The van der Waals surface area contributed by atoms with Gasteiger partial charge in [0.2, 0.25) is 0 Å². The van der Waals surface area contributed by atoms with Crippen LogP contribution in [0.3, 0.4) is 0 Å². The maximum Gasteiger partial charge on any atom is 0.101 e. The molecule has 0 saturated carbocycles. The van der Waals surface area contributed by atoms with Gasteiger partial charge >= 0.3 is 0 Å². The van der Waals surface area contributed by atoms with Gasteiger partial charge in [-0.15, -0.1) is 0 Å². The molecular formula is C14H21N3. The van der Waals surface area contributed by atoms with Gasteiger partial charge in [0.1, 0.15) is 6.07 Å². The highest BCUT2D eigenvalue weighted by Gasteiger charge is 2.16. The van der Waals surface area contributed by atoms with E-state index < -0.39 is 0 Å². The molecule has 1 rings (SSSR count). The van der Waals surface area contributed by atoms with Crippen molar-refractivity contribution >= 4 is 5.69 Å². The molecule has 92 valence electrons. The van der Waals surface area contributed by atoms with Crippen LogP contribution in [0, 0.1) is 16.7 Å². The van der Waals surface area contributed by atoms with Crippen LogP contribution in [0.1, 0.15) is 31.9 Å². The lowest BCUT2D eigenvalue weighted by atomic mass is 9.95. The van der Waals surface area contributed by atoms with Gasteiger partial charge in [-0.3, -0.25) is 0 Å². The smallest absolute Gasteiger partial charge is 0.101 e. The minimum Gasteiger partial charge on any atom is -0.373 e. The first-order valence-corrected chi connectivity index (χ1v) is 5.81. The topological polar surface area (TPSA) is 53.0 Å². The molecule has 0 heterocycles. The highest BCUT2D eigenvalue weighted by atomic mass is 15.1. The lowest BCUT2D eigenvalue weighted by molar-refractivity contribution is 0.419. The van der Waals surface area contributed by atoms with E-state index in [2.05, 4.69) is 31.7 Å². The van der Waals surface area contributed by atoms with E-state index in [1.54, 1.807) is 0 Å². The molecule has 0 saturated heterocycles. The Labute approximate surface area is 104 Å². The molecule has 0 fully saturated rings. The number of benzene rings is 1. The second-order valence-electron chi connectivity index (χ2n) is 5.58. The third-order valence-electron chi connectivity index (χ3n) is 2.54. The Bertz CT molecular complexity index is 424. The molecule has 0 amide bonds. The van der Waals surface area contributed by atoms with Crippen molar-refractivity contribution in [2.45, 2.75) is 27.3 Å². The van der Waals surface area contributed by atoms with Crippen molar-refractivity contribution in [1.29, 1.82) is 5.26 Å². The molecule has 0 atom stereocenters. The minimum atomic E-state index is 0.202. The highest BCUT2D eigenvalue weighted by molar-refractivity contribution is 5.60. The Morgan fingerprint density at radius 3 is 2.47 bits per heavy atom. The highest BCUT2D eigenvalue weighted by Crippen LogP contribution is 2.24. The van der Waals surface area contributed by atoms with Crippen molar-refractivity contribution in [3.8, 4) is 6.07 Å². The minimum absolute atomic E-state index is 0.202. The van der Waals surface area contributed by atoms with Crippen LogP contribution < -0.4 is 10.6 Å². The number of hydrogen-bond donors (Lipinski definition) is 1. The predicted octanol–water partition coefficient (Wildman–Crippen LogP) is 2.50. The van der Waals surface area contributed by atoms with E-state index in [0.29, 0.717) is 12.1 Å². The maximum absolute atomic E-state index is 9.17. The Balaban J connectivity index is 3.02. The molecule has 1 aromatic carbocycles. The average molecular weight is 231 g/mol. The van der Waals surface area contributed by atoms with E-state index in [0.717, 1.165) is 17.8 Å². The van der Waals surface area contributed by atoms with Gasteiger partial charge in [-0.05, 0) is 23.1 Å². The third kappa shape index (κ3) is 3.76. The molecule has 0 aliphatic carbocycles. The van der Waals surface area contributed by atoms with E-state index in [1.165, 1.54) is 0 Å². The van der Waals surface area contributed by atoms with Crippen LogP contribution in [-0.4, -0.2) is 13.6 Å². The van der Waals surface area contributed by atoms with Crippen LogP contribution in [0.25, 0.3) is 0 Å². The van der Waals surface area contributed by atoms with Crippen LogP contribution >= 0.6 is 0 Å². The summed E-state index contributed by atoms with van der Waals surface area (Å²) in [4.78, 5) is 2.12. The van der Waals surface area contributed by atoms with E-state index in [1.807, 2.05) is 25.2 Å². The largest absolute Gasteiger partial charge is 0.373 e.